The zero-order valence-electron chi connectivity index (χ0n) is 13.4. The number of hydrogen-bond donors (Lipinski definition) is 3. The first-order chi connectivity index (χ1) is 11.6. The van der Waals surface area contributed by atoms with Gasteiger partial charge in [-0.2, -0.15) is 5.10 Å². The minimum absolute atomic E-state index is 0.191. The molecular formula is C17H18N4O3. The zero-order chi connectivity index (χ0) is 17.1. The summed E-state index contributed by atoms with van der Waals surface area (Å²) in [6, 6.07) is 11.6. The molecule has 7 heteroatoms. The second-order valence-electron chi connectivity index (χ2n) is 5.18. The van der Waals surface area contributed by atoms with Gasteiger partial charge in [-0.1, -0.05) is 6.07 Å². The van der Waals surface area contributed by atoms with Crippen molar-refractivity contribution in [3.63, 3.8) is 0 Å². The molecule has 0 radical (unpaired) electrons. The number of aromatic hydroxyl groups is 1. The average molecular weight is 326 g/mol. The van der Waals surface area contributed by atoms with E-state index in [0.29, 0.717) is 23.1 Å². The number of nitrogens with two attached hydrogens (primary N) is 1. The Morgan fingerprint density at radius 1 is 1.04 bits per heavy atom. The molecule has 7 nitrogen and oxygen atoms in total. The smallest absolute Gasteiger partial charge is 0.181 e. The Hall–Kier alpha value is -3.06. The summed E-state index contributed by atoms with van der Waals surface area (Å²) < 4.78 is 10.5. The minimum atomic E-state index is -0.483. The van der Waals surface area contributed by atoms with E-state index in [1.807, 2.05) is 12.1 Å². The van der Waals surface area contributed by atoms with Crippen LogP contribution < -0.4 is 15.2 Å². The van der Waals surface area contributed by atoms with Gasteiger partial charge in [0.1, 0.15) is 11.6 Å². The van der Waals surface area contributed by atoms with Crippen molar-refractivity contribution in [2.45, 2.75) is 6.04 Å². The molecule has 0 spiro atoms. The molecule has 3 aromatic rings. The topological polar surface area (TPSA) is 106 Å². The lowest BCUT2D eigenvalue weighted by atomic mass is 10.1. The number of benzene rings is 2. The molecule has 4 N–H and O–H groups in total. The third-order valence-electron chi connectivity index (χ3n) is 3.69. The average Bonchev–Trinajstić information content (AvgIpc) is 3.11. The lowest BCUT2D eigenvalue weighted by Crippen LogP contribution is -2.14. The number of aromatic amines is 1. The summed E-state index contributed by atoms with van der Waals surface area (Å²) in [6.45, 7) is 0. The number of rotatable bonds is 5. The number of phenolic OH excluding ortho intramolecular Hbond substituents is 1. The highest BCUT2D eigenvalue weighted by molar-refractivity contribution is 5.56. The number of hydrogen-bond acceptors (Lipinski definition) is 6. The van der Waals surface area contributed by atoms with Gasteiger partial charge in [-0.25, -0.2) is 4.98 Å². The number of methoxy groups -OCH3 is 2. The Labute approximate surface area is 139 Å². The Balaban J connectivity index is 1.88. The monoisotopic (exact) mass is 326 g/mol. The molecule has 0 amide bonds. The molecule has 24 heavy (non-hydrogen) atoms. The Morgan fingerprint density at radius 2 is 1.75 bits per heavy atom. The van der Waals surface area contributed by atoms with Crippen LogP contribution in [-0.2, 0) is 0 Å². The van der Waals surface area contributed by atoms with Crippen LogP contribution in [0, 0.1) is 0 Å². The fourth-order valence-corrected chi connectivity index (χ4v) is 2.36. The normalized spacial score (nSPS) is 12.0. The van der Waals surface area contributed by atoms with Gasteiger partial charge in [0.2, 0.25) is 0 Å². The molecule has 0 aliphatic carbocycles. The summed E-state index contributed by atoms with van der Waals surface area (Å²) in [5.74, 6) is 2.47. The van der Waals surface area contributed by atoms with E-state index in [-0.39, 0.29) is 5.75 Å². The minimum Gasteiger partial charge on any atom is -0.508 e. The van der Waals surface area contributed by atoms with Gasteiger partial charge in [-0.05, 0) is 42.0 Å². The van der Waals surface area contributed by atoms with Gasteiger partial charge in [0.25, 0.3) is 0 Å². The Morgan fingerprint density at radius 3 is 2.42 bits per heavy atom. The van der Waals surface area contributed by atoms with E-state index in [1.165, 1.54) is 0 Å². The number of ether oxygens (including phenoxy) is 2. The zero-order valence-corrected chi connectivity index (χ0v) is 13.4. The van der Waals surface area contributed by atoms with Crippen LogP contribution in [0.5, 0.6) is 17.2 Å². The SMILES string of the molecule is COc1ccc(C(N)c2nc(-c3ccc(O)cc3)n[nH]2)cc1OC. The Bertz CT molecular complexity index is 830. The van der Waals surface area contributed by atoms with Gasteiger partial charge >= 0.3 is 0 Å². The maximum atomic E-state index is 9.35. The van der Waals surface area contributed by atoms with E-state index in [0.717, 1.165) is 11.1 Å². The summed E-state index contributed by atoms with van der Waals surface area (Å²) in [6.07, 6.45) is 0. The highest BCUT2D eigenvalue weighted by atomic mass is 16.5. The van der Waals surface area contributed by atoms with Gasteiger partial charge in [0, 0.05) is 5.56 Å². The highest BCUT2D eigenvalue weighted by Crippen LogP contribution is 2.31. The number of H-pyrrole nitrogens is 1. The summed E-state index contributed by atoms with van der Waals surface area (Å²) >= 11 is 0. The number of phenols is 1. The van der Waals surface area contributed by atoms with Gasteiger partial charge in [-0.3, -0.25) is 5.10 Å². The number of nitrogens with one attached hydrogen (secondary N) is 1. The van der Waals surface area contributed by atoms with E-state index < -0.39 is 6.04 Å². The van der Waals surface area contributed by atoms with E-state index in [1.54, 1.807) is 44.6 Å². The molecule has 1 heterocycles. The summed E-state index contributed by atoms with van der Waals surface area (Å²) in [7, 11) is 3.16. The molecule has 2 aromatic carbocycles. The summed E-state index contributed by atoms with van der Waals surface area (Å²) in [5, 5.41) is 16.4. The van der Waals surface area contributed by atoms with Crippen molar-refractivity contribution in [2.75, 3.05) is 14.2 Å². The predicted octanol–water partition coefficient (Wildman–Crippen LogP) is 2.24. The number of nitrogens with zero attached hydrogens (tertiary/aromatic N) is 2. The van der Waals surface area contributed by atoms with E-state index in [9.17, 15) is 5.11 Å². The largest absolute Gasteiger partial charge is 0.508 e. The van der Waals surface area contributed by atoms with Crippen LogP contribution in [0.3, 0.4) is 0 Å². The molecule has 0 aliphatic heterocycles. The first-order valence-electron chi connectivity index (χ1n) is 7.31. The van der Waals surface area contributed by atoms with Gasteiger partial charge in [0.05, 0.1) is 20.3 Å². The van der Waals surface area contributed by atoms with Crippen LogP contribution in [0.4, 0.5) is 0 Å². The predicted molar refractivity (Wildman–Crippen MR) is 89.1 cm³/mol. The summed E-state index contributed by atoms with van der Waals surface area (Å²) in [4.78, 5) is 4.44. The van der Waals surface area contributed by atoms with Crippen LogP contribution in [-0.4, -0.2) is 34.5 Å². The van der Waals surface area contributed by atoms with E-state index >= 15 is 0 Å². The van der Waals surface area contributed by atoms with Gasteiger partial charge in [-0.15, -0.1) is 0 Å². The molecule has 1 aromatic heterocycles. The van der Waals surface area contributed by atoms with Crippen molar-refractivity contribution < 1.29 is 14.6 Å². The molecule has 1 unspecified atom stereocenters. The van der Waals surface area contributed by atoms with Crippen molar-refractivity contribution in [1.82, 2.24) is 15.2 Å². The lowest BCUT2D eigenvalue weighted by Gasteiger charge is -2.13. The van der Waals surface area contributed by atoms with Crippen molar-refractivity contribution >= 4 is 0 Å². The lowest BCUT2D eigenvalue weighted by molar-refractivity contribution is 0.354. The van der Waals surface area contributed by atoms with Crippen LogP contribution in [0.15, 0.2) is 42.5 Å². The second-order valence-corrected chi connectivity index (χ2v) is 5.18. The molecule has 3 rings (SSSR count). The quantitative estimate of drug-likeness (QED) is 0.664. The molecule has 0 aliphatic rings. The van der Waals surface area contributed by atoms with Gasteiger partial charge in [0.15, 0.2) is 17.3 Å². The van der Waals surface area contributed by atoms with Crippen LogP contribution in [0.1, 0.15) is 17.4 Å². The fourth-order valence-electron chi connectivity index (χ4n) is 2.36. The van der Waals surface area contributed by atoms with Crippen LogP contribution in [0.2, 0.25) is 0 Å². The van der Waals surface area contributed by atoms with Gasteiger partial charge < -0.3 is 20.3 Å². The van der Waals surface area contributed by atoms with Crippen molar-refractivity contribution in [1.29, 1.82) is 0 Å². The van der Waals surface area contributed by atoms with E-state index in [2.05, 4.69) is 15.2 Å². The second kappa shape index (κ2) is 6.59. The fraction of sp³-hybridized carbons (Fsp3) is 0.176. The first kappa shape index (κ1) is 15.8. The third kappa shape index (κ3) is 3.02. The van der Waals surface area contributed by atoms with Crippen molar-refractivity contribution in [3.8, 4) is 28.6 Å². The van der Waals surface area contributed by atoms with E-state index in [4.69, 9.17) is 15.2 Å². The molecule has 1 atom stereocenters. The molecule has 0 bridgehead atoms. The van der Waals surface area contributed by atoms with Crippen LogP contribution >= 0.6 is 0 Å². The van der Waals surface area contributed by atoms with Crippen molar-refractivity contribution in [3.05, 3.63) is 53.9 Å². The highest BCUT2D eigenvalue weighted by Gasteiger charge is 2.17. The molecule has 0 saturated heterocycles. The third-order valence-corrected chi connectivity index (χ3v) is 3.69. The maximum Gasteiger partial charge on any atom is 0.181 e. The molecule has 124 valence electrons. The number of aromatic nitrogens is 3. The molecule has 0 fully saturated rings. The maximum absolute atomic E-state index is 9.35. The van der Waals surface area contributed by atoms with Crippen molar-refractivity contribution in [2.24, 2.45) is 5.73 Å². The standard InChI is InChI=1S/C17H18N4O3/c1-23-13-8-5-11(9-14(13)24-2)15(18)17-19-16(20-21-17)10-3-6-12(22)7-4-10/h3-9,15,22H,18H2,1-2H3,(H,19,20,21). The Kier molecular flexibility index (Phi) is 4.35. The summed E-state index contributed by atoms with van der Waals surface area (Å²) in [5.41, 5.74) is 7.88. The van der Waals surface area contributed by atoms with Crippen LogP contribution in [0.25, 0.3) is 11.4 Å². The molecule has 0 saturated carbocycles. The molecular weight excluding hydrogens is 308 g/mol. The first-order valence-corrected chi connectivity index (χ1v) is 7.31.